The van der Waals surface area contributed by atoms with Crippen molar-refractivity contribution >= 4 is 27.9 Å². The monoisotopic (exact) mass is 455 g/mol. The van der Waals surface area contributed by atoms with Crippen LogP contribution in [0.1, 0.15) is 56.5 Å². The first kappa shape index (κ1) is 22.5. The summed E-state index contributed by atoms with van der Waals surface area (Å²) in [6, 6.07) is 17.7. The fourth-order valence-electron chi connectivity index (χ4n) is 5.08. The van der Waals surface area contributed by atoms with Gasteiger partial charge in [-0.25, -0.2) is 4.79 Å². The predicted molar refractivity (Wildman–Crippen MR) is 138 cm³/mol. The van der Waals surface area contributed by atoms with E-state index in [9.17, 15) is 4.79 Å². The van der Waals surface area contributed by atoms with Crippen LogP contribution in [-0.4, -0.2) is 39.7 Å². The van der Waals surface area contributed by atoms with Gasteiger partial charge in [0.2, 0.25) is 0 Å². The molecule has 1 amide bonds. The summed E-state index contributed by atoms with van der Waals surface area (Å²) in [5.74, 6) is 0.454. The average Bonchev–Trinajstić information content (AvgIpc) is 3.14. The molecule has 0 unspecified atom stereocenters. The first-order valence-electron chi connectivity index (χ1n) is 12.2. The summed E-state index contributed by atoms with van der Waals surface area (Å²) in [5.41, 5.74) is 7.67. The SMILES string of the molecule is Cc1cc(-c2ccc3c(c2)[nH]c2ccc(C4CCN(C(=O)OC(C)(C)C)CC4)cc23)cc(C)n1. The van der Waals surface area contributed by atoms with Crippen LogP contribution in [0.4, 0.5) is 4.79 Å². The second-order valence-corrected chi connectivity index (χ2v) is 10.6. The maximum atomic E-state index is 12.4. The van der Waals surface area contributed by atoms with Crippen LogP contribution in [0.5, 0.6) is 0 Å². The second kappa shape index (κ2) is 8.46. The molecule has 1 N–H and O–H groups in total. The molecule has 34 heavy (non-hydrogen) atoms. The maximum absolute atomic E-state index is 12.4. The molecule has 0 saturated carbocycles. The standard InChI is InChI=1S/C29H33N3O2/c1-18-14-23(15-19(2)30-18)22-6-8-24-25-16-21(7-9-26(25)31-27(24)17-22)20-10-12-32(13-11-20)28(33)34-29(3,4)5/h6-9,14-17,20,31H,10-13H2,1-5H3. The van der Waals surface area contributed by atoms with Gasteiger partial charge in [0.05, 0.1) is 0 Å². The fourth-order valence-corrected chi connectivity index (χ4v) is 5.08. The molecular weight excluding hydrogens is 422 g/mol. The number of H-pyrrole nitrogens is 1. The van der Waals surface area contributed by atoms with E-state index in [4.69, 9.17) is 4.74 Å². The van der Waals surface area contributed by atoms with Gasteiger partial charge in [-0.2, -0.15) is 0 Å². The van der Waals surface area contributed by atoms with E-state index < -0.39 is 5.60 Å². The van der Waals surface area contributed by atoms with E-state index in [0.29, 0.717) is 5.92 Å². The topological polar surface area (TPSA) is 58.2 Å². The Kier molecular flexibility index (Phi) is 5.59. The molecule has 5 rings (SSSR count). The highest BCUT2D eigenvalue weighted by Gasteiger charge is 2.27. The number of hydrogen-bond acceptors (Lipinski definition) is 3. The van der Waals surface area contributed by atoms with Gasteiger partial charge in [-0.1, -0.05) is 18.2 Å². The van der Waals surface area contributed by atoms with Crippen LogP contribution in [0.3, 0.4) is 0 Å². The van der Waals surface area contributed by atoms with Crippen molar-refractivity contribution in [3.63, 3.8) is 0 Å². The van der Waals surface area contributed by atoms with E-state index in [1.54, 1.807) is 0 Å². The number of nitrogens with one attached hydrogen (secondary N) is 1. The number of fused-ring (bicyclic) bond motifs is 3. The third-order valence-corrected chi connectivity index (χ3v) is 6.66. The number of nitrogens with zero attached hydrogens (tertiary/aromatic N) is 2. The number of amides is 1. The lowest BCUT2D eigenvalue weighted by molar-refractivity contribution is 0.0205. The predicted octanol–water partition coefficient (Wildman–Crippen LogP) is 7.11. The van der Waals surface area contributed by atoms with Gasteiger partial charge in [0.15, 0.2) is 0 Å². The number of rotatable bonds is 2. The molecule has 2 aromatic carbocycles. The molecule has 0 radical (unpaired) electrons. The van der Waals surface area contributed by atoms with Gasteiger partial charge in [0.1, 0.15) is 5.60 Å². The number of carbonyl (C=O) groups excluding carboxylic acids is 1. The molecule has 0 atom stereocenters. The molecular formula is C29H33N3O2. The third kappa shape index (κ3) is 4.52. The largest absolute Gasteiger partial charge is 0.444 e. The first-order valence-corrected chi connectivity index (χ1v) is 12.2. The molecule has 1 aliphatic rings. The number of benzene rings is 2. The minimum Gasteiger partial charge on any atom is -0.444 e. The lowest BCUT2D eigenvalue weighted by atomic mass is 9.88. The zero-order valence-electron chi connectivity index (χ0n) is 20.7. The summed E-state index contributed by atoms with van der Waals surface area (Å²) in [6.45, 7) is 11.3. The molecule has 1 saturated heterocycles. The van der Waals surface area contributed by atoms with Crippen LogP contribution >= 0.6 is 0 Å². The highest BCUT2D eigenvalue weighted by Crippen LogP contribution is 2.35. The third-order valence-electron chi connectivity index (χ3n) is 6.66. The van der Waals surface area contributed by atoms with Gasteiger partial charge in [0.25, 0.3) is 0 Å². The zero-order chi connectivity index (χ0) is 24.0. The van der Waals surface area contributed by atoms with Crippen LogP contribution in [0.25, 0.3) is 32.9 Å². The number of hydrogen-bond donors (Lipinski definition) is 1. The van der Waals surface area contributed by atoms with Crippen LogP contribution in [0.2, 0.25) is 0 Å². The average molecular weight is 456 g/mol. The van der Waals surface area contributed by atoms with E-state index in [-0.39, 0.29) is 6.09 Å². The molecule has 1 aliphatic heterocycles. The van der Waals surface area contributed by atoms with Crippen molar-refractivity contribution in [1.82, 2.24) is 14.9 Å². The summed E-state index contributed by atoms with van der Waals surface area (Å²) < 4.78 is 5.55. The van der Waals surface area contributed by atoms with Crippen molar-refractivity contribution in [2.75, 3.05) is 13.1 Å². The molecule has 0 aliphatic carbocycles. The summed E-state index contributed by atoms with van der Waals surface area (Å²) in [7, 11) is 0. The number of aromatic nitrogens is 2. The summed E-state index contributed by atoms with van der Waals surface area (Å²) >= 11 is 0. The van der Waals surface area contributed by atoms with Crippen molar-refractivity contribution in [1.29, 1.82) is 0 Å². The Morgan fingerprint density at radius 2 is 1.62 bits per heavy atom. The zero-order valence-corrected chi connectivity index (χ0v) is 20.7. The minimum absolute atomic E-state index is 0.201. The molecule has 0 spiro atoms. The quantitative estimate of drug-likeness (QED) is 0.350. The fraction of sp³-hybridized carbons (Fsp3) is 0.379. The minimum atomic E-state index is -0.455. The molecule has 5 heteroatoms. The smallest absolute Gasteiger partial charge is 0.410 e. The maximum Gasteiger partial charge on any atom is 0.410 e. The molecule has 2 aromatic heterocycles. The molecule has 1 fully saturated rings. The van der Waals surface area contributed by atoms with Gasteiger partial charge < -0.3 is 14.6 Å². The number of likely N-dealkylation sites (tertiary alicyclic amines) is 1. The summed E-state index contributed by atoms with van der Waals surface area (Å²) in [6.07, 6.45) is 1.71. The van der Waals surface area contributed by atoms with E-state index in [1.807, 2.05) is 39.5 Å². The number of carbonyl (C=O) groups is 1. The normalized spacial score (nSPS) is 15.3. The molecule has 176 valence electrons. The number of ether oxygens (including phenoxy) is 1. The van der Waals surface area contributed by atoms with Crippen LogP contribution < -0.4 is 0 Å². The highest BCUT2D eigenvalue weighted by atomic mass is 16.6. The first-order chi connectivity index (χ1) is 16.2. The van der Waals surface area contributed by atoms with Crippen molar-refractivity contribution in [2.45, 2.75) is 59.0 Å². The van der Waals surface area contributed by atoms with Gasteiger partial charge in [-0.15, -0.1) is 0 Å². The summed E-state index contributed by atoms with van der Waals surface area (Å²) in [5, 5.41) is 2.50. The van der Waals surface area contributed by atoms with Crippen LogP contribution in [-0.2, 0) is 4.74 Å². The Morgan fingerprint density at radius 1 is 0.912 bits per heavy atom. The van der Waals surface area contributed by atoms with Crippen molar-refractivity contribution in [3.8, 4) is 11.1 Å². The Morgan fingerprint density at radius 3 is 2.29 bits per heavy atom. The lowest BCUT2D eigenvalue weighted by Gasteiger charge is -2.33. The number of aryl methyl sites for hydroxylation is 2. The lowest BCUT2D eigenvalue weighted by Crippen LogP contribution is -2.41. The molecule has 5 nitrogen and oxygen atoms in total. The van der Waals surface area contributed by atoms with Gasteiger partial charge in [-0.3, -0.25) is 4.98 Å². The van der Waals surface area contributed by atoms with Crippen molar-refractivity contribution < 1.29 is 9.53 Å². The Hall–Kier alpha value is -3.34. The van der Waals surface area contributed by atoms with Crippen molar-refractivity contribution in [3.05, 3.63) is 65.5 Å². The van der Waals surface area contributed by atoms with Crippen LogP contribution in [0, 0.1) is 13.8 Å². The van der Waals surface area contributed by atoms with E-state index in [2.05, 4.69) is 58.5 Å². The van der Waals surface area contributed by atoms with E-state index in [0.717, 1.165) is 48.4 Å². The molecule has 3 heterocycles. The van der Waals surface area contributed by atoms with Crippen LogP contribution in [0.15, 0.2) is 48.5 Å². The summed E-state index contributed by atoms with van der Waals surface area (Å²) in [4.78, 5) is 22.4. The van der Waals surface area contributed by atoms with Gasteiger partial charge >= 0.3 is 6.09 Å². The molecule has 4 aromatic rings. The number of aromatic amines is 1. The second-order valence-electron chi connectivity index (χ2n) is 10.6. The number of piperidine rings is 1. The Bertz CT molecular complexity index is 1350. The number of pyridine rings is 1. The Balaban J connectivity index is 1.38. The highest BCUT2D eigenvalue weighted by molar-refractivity contribution is 6.08. The van der Waals surface area contributed by atoms with Crippen molar-refractivity contribution in [2.24, 2.45) is 0 Å². The van der Waals surface area contributed by atoms with E-state index >= 15 is 0 Å². The Labute approximate surface area is 201 Å². The van der Waals surface area contributed by atoms with Gasteiger partial charge in [0, 0.05) is 46.3 Å². The van der Waals surface area contributed by atoms with Gasteiger partial charge in [-0.05, 0) is 100 Å². The molecule has 0 bridgehead atoms. The van der Waals surface area contributed by atoms with E-state index in [1.165, 1.54) is 27.5 Å².